The zero-order valence-corrected chi connectivity index (χ0v) is 8.80. The lowest BCUT2D eigenvalue weighted by Crippen LogP contribution is -2.32. The Bertz CT molecular complexity index is 318. The van der Waals surface area contributed by atoms with Crippen LogP contribution in [0.15, 0.2) is 11.4 Å². The van der Waals surface area contributed by atoms with E-state index in [1.807, 2.05) is 0 Å². The summed E-state index contributed by atoms with van der Waals surface area (Å²) in [6.07, 6.45) is 0. The molecule has 0 aromatic carbocycles. The second kappa shape index (κ2) is 3.64. The topological polar surface area (TPSA) is 29.1 Å². The summed E-state index contributed by atoms with van der Waals surface area (Å²) in [5, 5.41) is 4.07. The number of amides is 1. The van der Waals surface area contributed by atoms with Gasteiger partial charge in [-0.2, -0.15) is 0 Å². The summed E-state index contributed by atoms with van der Waals surface area (Å²) >= 11 is 6.92. The van der Waals surface area contributed by atoms with Crippen molar-refractivity contribution in [2.75, 3.05) is 5.32 Å². The maximum atomic E-state index is 13.0. The van der Waals surface area contributed by atoms with Crippen LogP contribution in [0.4, 0.5) is 10.1 Å². The van der Waals surface area contributed by atoms with E-state index in [-0.39, 0.29) is 0 Å². The van der Waals surface area contributed by atoms with Gasteiger partial charge in [-0.25, -0.2) is 4.39 Å². The van der Waals surface area contributed by atoms with Crippen molar-refractivity contribution in [2.24, 2.45) is 0 Å². The van der Waals surface area contributed by atoms with Crippen molar-refractivity contribution in [1.82, 2.24) is 0 Å². The number of alkyl halides is 1. The number of hydrogen-bond acceptors (Lipinski definition) is 2. The highest BCUT2D eigenvalue weighted by Crippen LogP contribution is 2.24. The van der Waals surface area contributed by atoms with Crippen LogP contribution in [-0.2, 0) is 4.79 Å². The van der Waals surface area contributed by atoms with Gasteiger partial charge in [-0.3, -0.25) is 4.79 Å². The van der Waals surface area contributed by atoms with Gasteiger partial charge in [0, 0.05) is 5.38 Å². The molecular weight excluding hydrogens is 213 g/mol. The molecule has 1 heterocycles. The summed E-state index contributed by atoms with van der Waals surface area (Å²) in [6.45, 7) is 2.41. The first kappa shape index (κ1) is 10.5. The molecule has 0 spiro atoms. The van der Waals surface area contributed by atoms with Gasteiger partial charge in [0.15, 0.2) is 5.67 Å². The molecule has 0 fully saturated rings. The van der Waals surface area contributed by atoms with Crippen LogP contribution in [0, 0.1) is 0 Å². The minimum Gasteiger partial charge on any atom is -0.323 e. The van der Waals surface area contributed by atoms with Crippen molar-refractivity contribution in [3.05, 3.63) is 15.8 Å². The molecule has 0 aliphatic carbocycles. The molecule has 0 saturated carbocycles. The number of halogens is 2. The van der Waals surface area contributed by atoms with Gasteiger partial charge in [-0.05, 0) is 19.9 Å². The highest BCUT2D eigenvalue weighted by molar-refractivity contribution is 7.14. The van der Waals surface area contributed by atoms with Crippen LogP contribution in [-0.4, -0.2) is 11.6 Å². The van der Waals surface area contributed by atoms with Crippen molar-refractivity contribution in [1.29, 1.82) is 0 Å². The minimum absolute atomic E-state index is 0.533. The first-order valence-electron chi connectivity index (χ1n) is 3.64. The fourth-order valence-electron chi connectivity index (χ4n) is 0.655. The average Bonchev–Trinajstić information content (AvgIpc) is 2.33. The normalized spacial score (nSPS) is 11.4. The SMILES string of the molecule is CC(C)(F)C(=O)Nc1csc(Cl)c1. The summed E-state index contributed by atoms with van der Waals surface area (Å²) in [4.78, 5) is 11.1. The number of nitrogens with one attached hydrogen (secondary N) is 1. The zero-order valence-electron chi connectivity index (χ0n) is 7.23. The summed E-state index contributed by atoms with van der Waals surface area (Å²) in [6, 6.07) is 1.58. The molecule has 0 unspecified atom stereocenters. The Morgan fingerprint density at radius 1 is 1.69 bits per heavy atom. The molecule has 1 aromatic rings. The molecule has 0 bridgehead atoms. The maximum Gasteiger partial charge on any atom is 0.261 e. The maximum absolute atomic E-state index is 13.0. The van der Waals surface area contributed by atoms with E-state index in [0.717, 1.165) is 0 Å². The Balaban J connectivity index is 2.65. The van der Waals surface area contributed by atoms with Gasteiger partial charge in [0.1, 0.15) is 0 Å². The Morgan fingerprint density at radius 3 is 2.69 bits per heavy atom. The van der Waals surface area contributed by atoms with Crippen molar-refractivity contribution in [3.63, 3.8) is 0 Å². The summed E-state index contributed by atoms with van der Waals surface area (Å²) < 4.78 is 13.6. The second-order valence-electron chi connectivity index (χ2n) is 3.07. The molecule has 5 heteroatoms. The Labute approximate surface area is 84.7 Å². The van der Waals surface area contributed by atoms with Crippen LogP contribution < -0.4 is 5.32 Å². The number of hydrogen-bond donors (Lipinski definition) is 1. The molecule has 13 heavy (non-hydrogen) atoms. The van der Waals surface area contributed by atoms with Crippen LogP contribution in [0.3, 0.4) is 0 Å². The van der Waals surface area contributed by atoms with Crippen molar-refractivity contribution < 1.29 is 9.18 Å². The van der Waals surface area contributed by atoms with E-state index in [4.69, 9.17) is 11.6 Å². The molecule has 1 aromatic heterocycles. The molecule has 0 aliphatic heterocycles. The van der Waals surface area contributed by atoms with Gasteiger partial charge in [0.2, 0.25) is 0 Å². The zero-order chi connectivity index (χ0) is 10.1. The molecule has 1 amide bonds. The minimum atomic E-state index is -1.87. The summed E-state index contributed by atoms with van der Waals surface area (Å²) in [7, 11) is 0. The lowest BCUT2D eigenvalue weighted by molar-refractivity contribution is -0.125. The molecular formula is C8H9ClFNOS. The standard InChI is InChI=1S/C8H9ClFNOS/c1-8(2,10)7(12)11-5-3-6(9)13-4-5/h3-4H,1-2H3,(H,11,12). The molecule has 0 atom stereocenters. The van der Waals surface area contributed by atoms with Crippen LogP contribution >= 0.6 is 22.9 Å². The third kappa shape index (κ3) is 2.97. The van der Waals surface area contributed by atoms with E-state index < -0.39 is 11.6 Å². The Morgan fingerprint density at radius 2 is 2.31 bits per heavy atom. The number of carbonyl (C=O) groups excluding carboxylic acids is 1. The van der Waals surface area contributed by atoms with Gasteiger partial charge >= 0.3 is 0 Å². The van der Waals surface area contributed by atoms with E-state index >= 15 is 0 Å². The van der Waals surface area contributed by atoms with E-state index in [1.165, 1.54) is 25.2 Å². The largest absolute Gasteiger partial charge is 0.323 e. The fraction of sp³-hybridized carbons (Fsp3) is 0.375. The predicted molar refractivity (Wildman–Crippen MR) is 53.1 cm³/mol. The van der Waals surface area contributed by atoms with E-state index in [0.29, 0.717) is 10.0 Å². The van der Waals surface area contributed by atoms with Crippen molar-refractivity contribution in [3.8, 4) is 0 Å². The van der Waals surface area contributed by atoms with Gasteiger partial charge in [0.25, 0.3) is 5.91 Å². The molecule has 2 nitrogen and oxygen atoms in total. The van der Waals surface area contributed by atoms with E-state index in [9.17, 15) is 9.18 Å². The lowest BCUT2D eigenvalue weighted by atomic mass is 10.1. The van der Waals surface area contributed by atoms with Gasteiger partial charge in [0.05, 0.1) is 10.0 Å². The summed E-state index contributed by atoms with van der Waals surface area (Å²) in [5.74, 6) is -0.665. The first-order valence-corrected chi connectivity index (χ1v) is 4.90. The van der Waals surface area contributed by atoms with E-state index in [1.54, 1.807) is 11.4 Å². The molecule has 0 aliphatic rings. The van der Waals surface area contributed by atoms with Crippen LogP contribution in [0.25, 0.3) is 0 Å². The predicted octanol–water partition coefficient (Wildman–Crippen LogP) is 3.09. The fourth-order valence-corrected chi connectivity index (χ4v) is 1.47. The molecule has 0 saturated heterocycles. The highest BCUT2D eigenvalue weighted by atomic mass is 35.5. The number of anilines is 1. The van der Waals surface area contributed by atoms with Crippen LogP contribution in [0.1, 0.15) is 13.8 Å². The highest BCUT2D eigenvalue weighted by Gasteiger charge is 2.26. The van der Waals surface area contributed by atoms with Gasteiger partial charge in [-0.15, -0.1) is 11.3 Å². The molecule has 72 valence electrons. The van der Waals surface area contributed by atoms with Crippen molar-refractivity contribution >= 4 is 34.5 Å². The smallest absolute Gasteiger partial charge is 0.261 e. The monoisotopic (exact) mass is 221 g/mol. The van der Waals surface area contributed by atoms with E-state index in [2.05, 4.69) is 5.32 Å². The third-order valence-corrected chi connectivity index (χ3v) is 2.46. The first-order chi connectivity index (χ1) is 5.89. The molecule has 0 radical (unpaired) electrons. The lowest BCUT2D eigenvalue weighted by Gasteiger charge is -2.12. The molecule has 1 rings (SSSR count). The Hall–Kier alpha value is -0.610. The van der Waals surface area contributed by atoms with Crippen LogP contribution in [0.5, 0.6) is 0 Å². The quantitative estimate of drug-likeness (QED) is 0.817. The van der Waals surface area contributed by atoms with Gasteiger partial charge in [-0.1, -0.05) is 11.6 Å². The average molecular weight is 222 g/mol. The number of carbonyl (C=O) groups is 1. The third-order valence-electron chi connectivity index (χ3n) is 1.37. The van der Waals surface area contributed by atoms with Crippen molar-refractivity contribution in [2.45, 2.75) is 19.5 Å². The van der Waals surface area contributed by atoms with Gasteiger partial charge < -0.3 is 5.32 Å². The second-order valence-corrected chi connectivity index (χ2v) is 4.61. The Kier molecular flexibility index (Phi) is 2.93. The number of thiophene rings is 1. The summed E-state index contributed by atoms with van der Waals surface area (Å²) in [5.41, 5.74) is -1.33. The van der Waals surface area contributed by atoms with Crippen LogP contribution in [0.2, 0.25) is 4.34 Å². The molecule has 1 N–H and O–H groups in total. The number of rotatable bonds is 2.